The van der Waals surface area contributed by atoms with E-state index in [2.05, 4.69) is 46.9 Å². The average molecular weight is 342 g/mol. The molecule has 1 amide bonds. The van der Waals surface area contributed by atoms with Gasteiger partial charge in [-0.05, 0) is 17.7 Å². The number of guanidine groups is 1. The minimum Gasteiger partial charge on any atom is -0.459 e. The summed E-state index contributed by atoms with van der Waals surface area (Å²) in [4.78, 5) is 16.0. The number of carbonyl (C=O) groups excluding carboxylic acids is 1. The van der Waals surface area contributed by atoms with Gasteiger partial charge in [0, 0.05) is 32.1 Å². The first-order chi connectivity index (χ1) is 12.0. The summed E-state index contributed by atoms with van der Waals surface area (Å²) < 4.78 is 5.04. The van der Waals surface area contributed by atoms with Crippen molar-refractivity contribution in [2.75, 3.05) is 26.7 Å². The Morgan fingerprint density at radius 2 is 1.76 bits per heavy atom. The highest BCUT2D eigenvalue weighted by Gasteiger charge is 2.20. The predicted molar refractivity (Wildman–Crippen MR) is 99.9 cm³/mol. The molecule has 0 fully saturated rings. The first-order valence-electron chi connectivity index (χ1n) is 8.35. The minimum atomic E-state index is -0.222. The van der Waals surface area contributed by atoms with E-state index in [1.807, 2.05) is 18.2 Å². The molecule has 0 saturated heterocycles. The molecule has 1 heterocycles. The van der Waals surface area contributed by atoms with Crippen LogP contribution in [0.5, 0.6) is 0 Å². The average Bonchev–Trinajstić information content (AvgIpc) is 3.16. The van der Waals surface area contributed by atoms with Crippen molar-refractivity contribution in [1.29, 1.82) is 0 Å². The van der Waals surface area contributed by atoms with Crippen molar-refractivity contribution < 1.29 is 9.21 Å². The molecule has 0 bridgehead atoms. The van der Waals surface area contributed by atoms with Crippen LogP contribution in [0.1, 0.15) is 30.0 Å². The second kappa shape index (κ2) is 8.92. The summed E-state index contributed by atoms with van der Waals surface area (Å²) in [5.41, 5.74) is 1.25. The summed E-state index contributed by atoms with van der Waals surface area (Å²) in [5.74, 6) is 0.795. The van der Waals surface area contributed by atoms with Crippen LogP contribution in [-0.2, 0) is 5.41 Å². The van der Waals surface area contributed by atoms with Crippen molar-refractivity contribution in [2.24, 2.45) is 4.99 Å². The quantitative estimate of drug-likeness (QED) is 0.409. The van der Waals surface area contributed by atoms with Crippen LogP contribution in [0.3, 0.4) is 0 Å². The lowest BCUT2D eigenvalue weighted by Gasteiger charge is -2.26. The van der Waals surface area contributed by atoms with Crippen LogP contribution in [0.25, 0.3) is 0 Å². The van der Waals surface area contributed by atoms with Crippen molar-refractivity contribution in [1.82, 2.24) is 16.0 Å². The molecule has 6 heteroatoms. The SMILES string of the molecule is CN=C(NCCNC(=O)c1ccco1)NCC(C)(C)c1ccccc1. The highest BCUT2D eigenvalue weighted by atomic mass is 16.3. The Morgan fingerprint density at radius 3 is 2.40 bits per heavy atom. The Kier molecular flexibility index (Phi) is 6.62. The minimum absolute atomic E-state index is 0.0214. The molecule has 6 nitrogen and oxygen atoms in total. The summed E-state index contributed by atoms with van der Waals surface area (Å²) in [7, 11) is 1.73. The molecule has 1 aromatic carbocycles. The zero-order valence-corrected chi connectivity index (χ0v) is 15.0. The number of carbonyl (C=O) groups is 1. The van der Waals surface area contributed by atoms with E-state index in [4.69, 9.17) is 4.42 Å². The van der Waals surface area contributed by atoms with E-state index in [0.717, 1.165) is 6.54 Å². The molecule has 2 aromatic rings. The number of nitrogens with one attached hydrogen (secondary N) is 3. The van der Waals surface area contributed by atoms with Crippen LogP contribution in [-0.4, -0.2) is 38.5 Å². The zero-order valence-electron chi connectivity index (χ0n) is 15.0. The Hall–Kier alpha value is -2.76. The fraction of sp³-hybridized carbons (Fsp3) is 0.368. The molecule has 0 radical (unpaired) electrons. The van der Waals surface area contributed by atoms with Gasteiger partial charge in [-0.25, -0.2) is 0 Å². The van der Waals surface area contributed by atoms with Crippen molar-refractivity contribution in [2.45, 2.75) is 19.3 Å². The first-order valence-corrected chi connectivity index (χ1v) is 8.35. The van der Waals surface area contributed by atoms with Gasteiger partial charge in [0.1, 0.15) is 0 Å². The molecule has 134 valence electrons. The van der Waals surface area contributed by atoms with E-state index in [1.165, 1.54) is 11.8 Å². The first kappa shape index (κ1) is 18.6. The zero-order chi connectivity index (χ0) is 18.1. The van der Waals surface area contributed by atoms with Crippen molar-refractivity contribution >= 4 is 11.9 Å². The van der Waals surface area contributed by atoms with Crippen LogP contribution < -0.4 is 16.0 Å². The Labute approximate surface area is 148 Å². The fourth-order valence-electron chi connectivity index (χ4n) is 2.37. The molecule has 3 N–H and O–H groups in total. The molecule has 0 aliphatic carbocycles. The van der Waals surface area contributed by atoms with Crippen molar-refractivity contribution in [3.63, 3.8) is 0 Å². The number of rotatable bonds is 7. The van der Waals surface area contributed by atoms with Crippen LogP contribution in [0, 0.1) is 0 Å². The maximum Gasteiger partial charge on any atom is 0.287 e. The van der Waals surface area contributed by atoms with Gasteiger partial charge in [0.25, 0.3) is 5.91 Å². The van der Waals surface area contributed by atoms with Gasteiger partial charge in [0.05, 0.1) is 6.26 Å². The number of benzene rings is 1. The van der Waals surface area contributed by atoms with E-state index in [1.54, 1.807) is 19.2 Å². The van der Waals surface area contributed by atoms with Gasteiger partial charge < -0.3 is 20.4 Å². The molecule has 0 aliphatic rings. The molecule has 25 heavy (non-hydrogen) atoms. The molecule has 1 aromatic heterocycles. The second-order valence-electron chi connectivity index (χ2n) is 6.34. The third-order valence-corrected chi connectivity index (χ3v) is 3.92. The van der Waals surface area contributed by atoms with Gasteiger partial charge >= 0.3 is 0 Å². The molecular formula is C19H26N4O2. The standard InChI is InChI=1S/C19H26N4O2/c1-19(2,15-8-5-4-6-9-15)14-23-18(20-3)22-12-11-21-17(24)16-10-7-13-25-16/h4-10,13H,11-12,14H2,1-3H3,(H,21,24)(H2,20,22,23). The van der Waals surface area contributed by atoms with Gasteiger partial charge in [-0.3, -0.25) is 9.79 Å². The summed E-state index contributed by atoms with van der Waals surface area (Å²) in [6.07, 6.45) is 1.48. The number of furan rings is 1. The Balaban J connectivity index is 1.73. The summed E-state index contributed by atoms with van der Waals surface area (Å²) in [6, 6.07) is 13.7. The predicted octanol–water partition coefficient (Wildman–Crippen LogP) is 2.15. The number of hydrogen-bond donors (Lipinski definition) is 3. The maximum absolute atomic E-state index is 11.8. The van der Waals surface area contributed by atoms with E-state index >= 15 is 0 Å². The Morgan fingerprint density at radius 1 is 1.04 bits per heavy atom. The van der Waals surface area contributed by atoms with Crippen LogP contribution in [0.2, 0.25) is 0 Å². The third kappa shape index (κ3) is 5.67. The monoisotopic (exact) mass is 342 g/mol. The number of hydrogen-bond acceptors (Lipinski definition) is 3. The van der Waals surface area contributed by atoms with Gasteiger partial charge in [-0.2, -0.15) is 0 Å². The van der Waals surface area contributed by atoms with Crippen LogP contribution in [0.4, 0.5) is 0 Å². The summed E-state index contributed by atoms with van der Waals surface area (Å²) in [5, 5.41) is 9.30. The highest BCUT2D eigenvalue weighted by Crippen LogP contribution is 2.21. The van der Waals surface area contributed by atoms with Gasteiger partial charge in [0.2, 0.25) is 0 Å². The lowest BCUT2D eigenvalue weighted by molar-refractivity contribution is 0.0926. The molecule has 0 unspecified atom stereocenters. The smallest absolute Gasteiger partial charge is 0.287 e. The van der Waals surface area contributed by atoms with Gasteiger partial charge in [-0.1, -0.05) is 44.2 Å². The normalized spacial score (nSPS) is 11.9. The van der Waals surface area contributed by atoms with Gasteiger partial charge in [0.15, 0.2) is 11.7 Å². The molecule has 0 saturated carbocycles. The third-order valence-electron chi connectivity index (χ3n) is 3.92. The second-order valence-corrected chi connectivity index (χ2v) is 6.34. The van der Waals surface area contributed by atoms with E-state index < -0.39 is 0 Å². The number of nitrogens with zero attached hydrogens (tertiary/aromatic N) is 1. The van der Waals surface area contributed by atoms with E-state index in [-0.39, 0.29) is 11.3 Å². The number of aliphatic imine (C=N–C) groups is 1. The van der Waals surface area contributed by atoms with Gasteiger partial charge in [-0.15, -0.1) is 0 Å². The summed E-state index contributed by atoms with van der Waals surface area (Å²) >= 11 is 0. The topological polar surface area (TPSA) is 78.7 Å². The molecule has 0 spiro atoms. The van der Waals surface area contributed by atoms with E-state index in [0.29, 0.717) is 24.8 Å². The summed E-state index contributed by atoms with van der Waals surface area (Å²) in [6.45, 7) is 6.16. The van der Waals surface area contributed by atoms with Crippen molar-refractivity contribution in [3.8, 4) is 0 Å². The van der Waals surface area contributed by atoms with Crippen LogP contribution in [0.15, 0.2) is 58.1 Å². The van der Waals surface area contributed by atoms with Crippen LogP contribution >= 0.6 is 0 Å². The van der Waals surface area contributed by atoms with E-state index in [9.17, 15) is 4.79 Å². The lowest BCUT2D eigenvalue weighted by Crippen LogP contribution is -2.45. The number of amides is 1. The largest absolute Gasteiger partial charge is 0.459 e. The molecule has 0 atom stereocenters. The van der Waals surface area contributed by atoms with Crippen molar-refractivity contribution in [3.05, 3.63) is 60.1 Å². The lowest BCUT2D eigenvalue weighted by atomic mass is 9.85. The highest BCUT2D eigenvalue weighted by molar-refractivity contribution is 5.91. The fourth-order valence-corrected chi connectivity index (χ4v) is 2.37. The Bertz CT molecular complexity index is 679. The molecule has 0 aliphatic heterocycles. The molecule has 2 rings (SSSR count). The molecular weight excluding hydrogens is 316 g/mol. The maximum atomic E-state index is 11.8.